The standard InChI is InChI=1S/C16H13N3O4S3/c1-18-4-2-8(3-5-18)9-6-25-16(17-9)26-10-7-24-14-12(20)13(21)19(14)11(10)15(22)23/h2-6,12,14,20H,7H2,1H3/p+1/t12?,14-/m1/s1. The summed E-state index contributed by atoms with van der Waals surface area (Å²) in [5, 5.41) is 20.7. The van der Waals surface area contributed by atoms with E-state index in [9.17, 15) is 19.8 Å². The average Bonchev–Trinajstić information content (AvgIpc) is 3.09. The summed E-state index contributed by atoms with van der Waals surface area (Å²) in [6.45, 7) is 0. The summed E-state index contributed by atoms with van der Waals surface area (Å²) in [5.74, 6) is -1.30. The number of hydrogen-bond acceptors (Lipinski definition) is 7. The van der Waals surface area contributed by atoms with Crippen LogP contribution in [0, 0.1) is 0 Å². The van der Waals surface area contributed by atoms with Gasteiger partial charge in [0.15, 0.2) is 22.8 Å². The quantitative estimate of drug-likeness (QED) is 0.582. The number of aryl methyl sites for hydroxylation is 1. The van der Waals surface area contributed by atoms with Crippen molar-refractivity contribution in [3.8, 4) is 11.3 Å². The molecule has 1 saturated heterocycles. The molecule has 26 heavy (non-hydrogen) atoms. The zero-order valence-corrected chi connectivity index (χ0v) is 16.0. The number of aliphatic carboxylic acids is 1. The molecule has 2 aliphatic rings. The van der Waals surface area contributed by atoms with Crippen LogP contribution in [0.3, 0.4) is 0 Å². The molecule has 2 aromatic heterocycles. The Morgan fingerprint density at radius 2 is 2.15 bits per heavy atom. The van der Waals surface area contributed by atoms with Crippen molar-refractivity contribution in [3.05, 3.63) is 40.5 Å². The number of carbonyl (C=O) groups is 2. The number of aliphatic hydroxyl groups excluding tert-OH is 1. The van der Waals surface area contributed by atoms with Crippen molar-refractivity contribution in [2.45, 2.75) is 15.8 Å². The molecule has 1 amide bonds. The van der Waals surface area contributed by atoms with Crippen molar-refractivity contribution in [1.82, 2.24) is 9.88 Å². The third-order valence-corrected chi connectivity index (χ3v) is 7.55. The fourth-order valence-corrected chi connectivity index (χ4v) is 6.11. The highest BCUT2D eigenvalue weighted by atomic mass is 32.2. The van der Waals surface area contributed by atoms with Crippen LogP contribution in [0.5, 0.6) is 0 Å². The second kappa shape index (κ2) is 6.69. The number of carbonyl (C=O) groups excluding carboxylic acids is 1. The van der Waals surface area contributed by atoms with Crippen LogP contribution in [-0.4, -0.2) is 49.2 Å². The number of nitrogens with zero attached hydrogens (tertiary/aromatic N) is 3. The lowest BCUT2D eigenvalue weighted by Gasteiger charge is -2.46. The van der Waals surface area contributed by atoms with E-state index in [2.05, 4.69) is 4.98 Å². The molecule has 4 rings (SSSR count). The second-order valence-corrected chi connectivity index (χ2v) is 9.09. The van der Waals surface area contributed by atoms with Gasteiger partial charge in [-0.05, 0) is 0 Å². The van der Waals surface area contributed by atoms with Gasteiger partial charge in [0.05, 0.1) is 5.69 Å². The Labute approximate surface area is 161 Å². The molecule has 2 N–H and O–H groups in total. The summed E-state index contributed by atoms with van der Waals surface area (Å²) in [5.41, 5.74) is 1.77. The van der Waals surface area contributed by atoms with Crippen molar-refractivity contribution in [3.63, 3.8) is 0 Å². The van der Waals surface area contributed by atoms with E-state index in [1.54, 1.807) is 0 Å². The zero-order chi connectivity index (χ0) is 18.4. The number of amides is 1. The molecule has 0 saturated carbocycles. The number of aromatic nitrogens is 2. The average molecular weight is 409 g/mol. The van der Waals surface area contributed by atoms with E-state index in [0.29, 0.717) is 10.7 Å². The number of thioether (sulfide) groups is 2. The summed E-state index contributed by atoms with van der Waals surface area (Å²) < 4.78 is 2.65. The molecule has 134 valence electrons. The molecular formula is C16H14N3O4S3+. The van der Waals surface area contributed by atoms with Crippen molar-refractivity contribution in [2.24, 2.45) is 7.05 Å². The van der Waals surface area contributed by atoms with Gasteiger partial charge in [-0.25, -0.2) is 14.3 Å². The number of thiazole rings is 1. The second-order valence-electron chi connectivity index (χ2n) is 5.78. The molecule has 2 aromatic rings. The Bertz CT molecular complexity index is 925. The lowest BCUT2D eigenvalue weighted by Crippen LogP contribution is -2.64. The molecule has 0 radical (unpaired) electrons. The summed E-state index contributed by atoms with van der Waals surface area (Å²) in [4.78, 5) is 29.9. The maximum absolute atomic E-state index is 11.9. The van der Waals surface area contributed by atoms with E-state index in [4.69, 9.17) is 0 Å². The van der Waals surface area contributed by atoms with Crippen LogP contribution in [0.1, 0.15) is 0 Å². The molecule has 7 nitrogen and oxygen atoms in total. The van der Waals surface area contributed by atoms with Crippen molar-refractivity contribution in [1.29, 1.82) is 0 Å². The highest BCUT2D eigenvalue weighted by molar-refractivity contribution is 8.07. The van der Waals surface area contributed by atoms with Crippen LogP contribution in [-0.2, 0) is 16.6 Å². The summed E-state index contributed by atoms with van der Waals surface area (Å²) in [7, 11) is 1.94. The molecule has 0 spiro atoms. The third-order valence-electron chi connectivity index (χ3n) is 4.08. The summed E-state index contributed by atoms with van der Waals surface area (Å²) >= 11 is 4.07. The minimum atomic E-state index is -1.16. The predicted molar refractivity (Wildman–Crippen MR) is 98.3 cm³/mol. The van der Waals surface area contributed by atoms with Gasteiger partial charge >= 0.3 is 5.97 Å². The fraction of sp³-hybridized carbons (Fsp3) is 0.250. The van der Waals surface area contributed by atoms with Gasteiger partial charge in [0, 0.05) is 33.7 Å². The summed E-state index contributed by atoms with van der Waals surface area (Å²) in [6, 6.07) is 3.93. The number of carboxylic acids is 1. The largest absolute Gasteiger partial charge is 0.477 e. The molecule has 0 aromatic carbocycles. The Morgan fingerprint density at radius 3 is 2.85 bits per heavy atom. The maximum atomic E-state index is 11.9. The first-order chi connectivity index (χ1) is 12.5. The van der Waals surface area contributed by atoms with Crippen LogP contribution >= 0.6 is 34.9 Å². The van der Waals surface area contributed by atoms with Gasteiger partial charge in [0.2, 0.25) is 0 Å². The molecule has 0 aliphatic carbocycles. The highest BCUT2D eigenvalue weighted by Crippen LogP contribution is 2.45. The normalized spacial score (nSPS) is 22.2. The Kier molecular flexibility index (Phi) is 4.51. The molecule has 4 heterocycles. The number of fused-ring (bicyclic) bond motifs is 1. The van der Waals surface area contributed by atoms with Gasteiger partial charge in [-0.3, -0.25) is 9.69 Å². The van der Waals surface area contributed by atoms with Gasteiger partial charge in [-0.15, -0.1) is 23.1 Å². The molecule has 0 bridgehead atoms. The van der Waals surface area contributed by atoms with Crippen molar-refractivity contribution in [2.75, 3.05) is 5.75 Å². The van der Waals surface area contributed by atoms with Crippen molar-refractivity contribution >= 4 is 46.7 Å². The first-order valence-electron chi connectivity index (χ1n) is 7.64. The Balaban J connectivity index is 1.61. The van der Waals surface area contributed by atoms with Crippen LogP contribution in [0.4, 0.5) is 0 Å². The number of hydrogen-bond donors (Lipinski definition) is 2. The van der Waals surface area contributed by atoms with Gasteiger partial charge in [-0.2, -0.15) is 0 Å². The summed E-state index contributed by atoms with van der Waals surface area (Å²) in [6.07, 6.45) is 2.75. The molecule has 1 unspecified atom stereocenters. The minimum absolute atomic E-state index is 0.0439. The van der Waals surface area contributed by atoms with E-state index in [1.807, 2.05) is 41.5 Å². The van der Waals surface area contributed by atoms with E-state index in [1.165, 1.54) is 39.8 Å². The number of carboxylic acid groups (broad SMARTS) is 1. The molecule has 10 heteroatoms. The Morgan fingerprint density at radius 1 is 1.42 bits per heavy atom. The fourth-order valence-electron chi connectivity index (χ4n) is 2.73. The topological polar surface area (TPSA) is 94.6 Å². The predicted octanol–water partition coefficient (Wildman–Crippen LogP) is 1.30. The molecular weight excluding hydrogens is 394 g/mol. The molecule has 2 aliphatic heterocycles. The van der Waals surface area contributed by atoms with Crippen molar-refractivity contribution < 1.29 is 24.4 Å². The van der Waals surface area contributed by atoms with Gasteiger partial charge < -0.3 is 10.2 Å². The number of pyridine rings is 1. The third kappa shape index (κ3) is 2.92. The smallest absolute Gasteiger partial charge is 0.353 e. The SMILES string of the molecule is C[n+]1ccc(-c2csc(SC3=C(C(=O)O)N4C(=O)C(O)[C@H]4SC3)n2)cc1. The van der Waals surface area contributed by atoms with Crippen LogP contribution < -0.4 is 4.57 Å². The van der Waals surface area contributed by atoms with Crippen LogP contribution in [0.25, 0.3) is 11.3 Å². The minimum Gasteiger partial charge on any atom is -0.477 e. The molecule has 1 fully saturated rings. The van der Waals surface area contributed by atoms with E-state index in [-0.39, 0.29) is 5.70 Å². The number of rotatable bonds is 4. The molecule has 2 atom stereocenters. The first kappa shape index (κ1) is 17.5. The highest BCUT2D eigenvalue weighted by Gasteiger charge is 2.53. The van der Waals surface area contributed by atoms with Crippen LogP contribution in [0.2, 0.25) is 0 Å². The Hall–Kier alpha value is -1.88. The first-order valence-corrected chi connectivity index (χ1v) is 10.4. The van der Waals surface area contributed by atoms with E-state index < -0.39 is 23.4 Å². The number of β-lactam (4-membered cyclic amide) rings is 1. The van der Waals surface area contributed by atoms with Gasteiger partial charge in [0.25, 0.3) is 5.91 Å². The van der Waals surface area contributed by atoms with E-state index in [0.717, 1.165) is 15.6 Å². The number of aliphatic hydroxyl groups is 1. The van der Waals surface area contributed by atoms with Crippen LogP contribution in [0.15, 0.2) is 44.8 Å². The zero-order valence-electron chi connectivity index (χ0n) is 13.5. The van der Waals surface area contributed by atoms with Gasteiger partial charge in [0.1, 0.15) is 18.1 Å². The maximum Gasteiger partial charge on any atom is 0.353 e. The monoisotopic (exact) mass is 408 g/mol. The van der Waals surface area contributed by atoms with E-state index >= 15 is 0 Å². The lowest BCUT2D eigenvalue weighted by atomic mass is 10.1. The van der Waals surface area contributed by atoms with Gasteiger partial charge in [-0.1, -0.05) is 11.8 Å². The lowest BCUT2D eigenvalue weighted by molar-refractivity contribution is -0.671.